The summed E-state index contributed by atoms with van der Waals surface area (Å²) in [6.45, 7) is 5.38. The molecule has 0 spiro atoms. The van der Waals surface area contributed by atoms with Crippen LogP contribution in [0.3, 0.4) is 0 Å². The zero-order chi connectivity index (χ0) is 16.0. The van der Waals surface area contributed by atoms with E-state index in [9.17, 15) is 9.59 Å². The number of methoxy groups -OCH3 is 2. The van der Waals surface area contributed by atoms with Crippen molar-refractivity contribution in [1.82, 2.24) is 0 Å². The number of hydrogen-bond donors (Lipinski definition) is 0. The summed E-state index contributed by atoms with van der Waals surface area (Å²) in [6.07, 6.45) is 2.88. The fourth-order valence-electron chi connectivity index (χ4n) is 1.60. The molecule has 0 fully saturated rings. The van der Waals surface area contributed by atoms with Crippen LogP contribution in [-0.2, 0) is 14.3 Å². The lowest BCUT2D eigenvalue weighted by Gasteiger charge is -2.17. The second kappa shape index (κ2) is 6.92. The van der Waals surface area contributed by atoms with Crippen LogP contribution in [-0.4, -0.2) is 31.8 Å². The Bertz CT molecular complexity index is 552. The molecule has 1 rings (SSSR count). The molecule has 0 saturated heterocycles. The fourth-order valence-corrected chi connectivity index (χ4v) is 1.60. The predicted octanol–water partition coefficient (Wildman–Crippen LogP) is 2.84. The van der Waals surface area contributed by atoms with E-state index in [1.54, 1.807) is 45.0 Å². The number of esters is 2. The van der Waals surface area contributed by atoms with Gasteiger partial charge in [0.05, 0.1) is 14.2 Å². The number of hydrogen-bond acceptors (Lipinski definition) is 5. The number of ether oxygens (including phenoxy) is 3. The third kappa shape index (κ3) is 5.30. The van der Waals surface area contributed by atoms with Crippen LogP contribution in [0.5, 0.6) is 5.75 Å². The molecular weight excluding hydrogens is 272 g/mol. The summed E-state index contributed by atoms with van der Waals surface area (Å²) in [5.74, 6) is -0.534. The lowest BCUT2D eigenvalue weighted by Crippen LogP contribution is -2.22. The second-order valence-corrected chi connectivity index (χ2v) is 5.32. The van der Waals surface area contributed by atoms with Crippen molar-refractivity contribution in [2.45, 2.75) is 26.4 Å². The molecule has 0 bridgehead atoms. The van der Waals surface area contributed by atoms with E-state index in [4.69, 9.17) is 14.2 Å². The highest BCUT2D eigenvalue weighted by atomic mass is 16.6. The molecule has 0 heterocycles. The molecule has 5 nitrogen and oxygen atoms in total. The number of benzene rings is 1. The van der Waals surface area contributed by atoms with Crippen molar-refractivity contribution in [3.05, 3.63) is 35.4 Å². The van der Waals surface area contributed by atoms with Gasteiger partial charge < -0.3 is 14.2 Å². The van der Waals surface area contributed by atoms with E-state index in [0.717, 1.165) is 0 Å². The molecule has 0 saturated carbocycles. The third-order valence-corrected chi connectivity index (χ3v) is 2.45. The SMILES string of the molecule is COC(=O)c1cc(/C=C\C(=O)OC(C)(C)C)ccc1OC. The van der Waals surface area contributed by atoms with Crippen LogP contribution in [0.4, 0.5) is 0 Å². The molecule has 5 heteroatoms. The number of rotatable bonds is 4. The van der Waals surface area contributed by atoms with Gasteiger partial charge in [0.25, 0.3) is 0 Å². The van der Waals surface area contributed by atoms with Crippen LogP contribution in [0.1, 0.15) is 36.7 Å². The molecule has 1 aromatic rings. The molecule has 0 radical (unpaired) electrons. The van der Waals surface area contributed by atoms with Gasteiger partial charge in [-0.25, -0.2) is 9.59 Å². The molecule has 114 valence electrons. The normalized spacial score (nSPS) is 11.3. The minimum atomic E-state index is -0.543. The van der Waals surface area contributed by atoms with Gasteiger partial charge in [0.15, 0.2) is 0 Å². The Labute approximate surface area is 124 Å². The summed E-state index contributed by atoms with van der Waals surface area (Å²) in [5, 5.41) is 0. The van der Waals surface area contributed by atoms with Crippen molar-refractivity contribution >= 4 is 18.0 Å². The zero-order valence-corrected chi connectivity index (χ0v) is 12.9. The standard InChI is InChI=1S/C16H20O5/c1-16(2,3)21-14(17)9-7-11-6-8-13(19-4)12(10-11)15(18)20-5/h6-10H,1-5H3/b9-7-. The number of carbonyl (C=O) groups excluding carboxylic acids is 2. The van der Waals surface area contributed by atoms with Crippen molar-refractivity contribution in [2.75, 3.05) is 14.2 Å². The van der Waals surface area contributed by atoms with Crippen LogP contribution in [0.15, 0.2) is 24.3 Å². The molecular formula is C16H20O5. The summed E-state index contributed by atoms with van der Waals surface area (Å²) in [5.41, 5.74) is 0.423. The van der Waals surface area contributed by atoms with E-state index < -0.39 is 17.5 Å². The van der Waals surface area contributed by atoms with Gasteiger partial charge in [0, 0.05) is 6.08 Å². The Balaban J connectivity index is 2.95. The lowest BCUT2D eigenvalue weighted by atomic mass is 10.1. The minimum absolute atomic E-state index is 0.298. The van der Waals surface area contributed by atoms with E-state index >= 15 is 0 Å². The topological polar surface area (TPSA) is 61.8 Å². The lowest BCUT2D eigenvalue weighted by molar-refractivity contribution is -0.148. The van der Waals surface area contributed by atoms with Crippen LogP contribution >= 0.6 is 0 Å². The maximum Gasteiger partial charge on any atom is 0.341 e. The first-order valence-electron chi connectivity index (χ1n) is 6.44. The molecule has 0 aromatic heterocycles. The number of carbonyl (C=O) groups is 2. The van der Waals surface area contributed by atoms with Crippen molar-refractivity contribution in [2.24, 2.45) is 0 Å². The van der Waals surface area contributed by atoms with E-state index in [2.05, 4.69) is 0 Å². The maximum absolute atomic E-state index is 11.7. The van der Waals surface area contributed by atoms with Gasteiger partial charge in [-0.1, -0.05) is 6.07 Å². The molecule has 0 aliphatic heterocycles. The summed E-state index contributed by atoms with van der Waals surface area (Å²) >= 11 is 0. The highest BCUT2D eigenvalue weighted by Gasteiger charge is 2.15. The quantitative estimate of drug-likeness (QED) is 0.631. The molecule has 0 aliphatic carbocycles. The van der Waals surface area contributed by atoms with Crippen molar-refractivity contribution in [1.29, 1.82) is 0 Å². The predicted molar refractivity (Wildman–Crippen MR) is 79.2 cm³/mol. The highest BCUT2D eigenvalue weighted by Crippen LogP contribution is 2.21. The first kappa shape index (κ1) is 16.8. The Morgan fingerprint density at radius 3 is 2.33 bits per heavy atom. The van der Waals surface area contributed by atoms with Crippen LogP contribution in [0.25, 0.3) is 6.08 Å². The van der Waals surface area contributed by atoms with Crippen molar-refractivity contribution < 1.29 is 23.8 Å². The fraction of sp³-hybridized carbons (Fsp3) is 0.375. The van der Waals surface area contributed by atoms with Gasteiger partial charge in [0.1, 0.15) is 16.9 Å². The van der Waals surface area contributed by atoms with Gasteiger partial charge in [-0.05, 0) is 44.5 Å². The molecule has 0 aliphatic rings. The Hall–Kier alpha value is -2.30. The smallest absolute Gasteiger partial charge is 0.341 e. The van der Waals surface area contributed by atoms with Gasteiger partial charge in [-0.15, -0.1) is 0 Å². The highest BCUT2D eigenvalue weighted by molar-refractivity contribution is 5.94. The minimum Gasteiger partial charge on any atom is -0.496 e. The van der Waals surface area contributed by atoms with Crippen LogP contribution in [0, 0.1) is 0 Å². The summed E-state index contributed by atoms with van der Waals surface area (Å²) in [6, 6.07) is 4.96. The van der Waals surface area contributed by atoms with Crippen molar-refractivity contribution in [3.8, 4) is 5.75 Å². The monoisotopic (exact) mass is 292 g/mol. The first-order valence-corrected chi connectivity index (χ1v) is 6.44. The van der Waals surface area contributed by atoms with Gasteiger partial charge in [0.2, 0.25) is 0 Å². The largest absolute Gasteiger partial charge is 0.496 e. The Kier molecular flexibility index (Phi) is 5.52. The Morgan fingerprint density at radius 2 is 1.81 bits per heavy atom. The van der Waals surface area contributed by atoms with Crippen molar-refractivity contribution in [3.63, 3.8) is 0 Å². The van der Waals surface area contributed by atoms with Crippen LogP contribution < -0.4 is 4.74 Å². The average molecular weight is 292 g/mol. The summed E-state index contributed by atoms with van der Waals surface area (Å²) < 4.78 is 14.9. The van der Waals surface area contributed by atoms with E-state index in [1.807, 2.05) is 0 Å². The summed E-state index contributed by atoms with van der Waals surface area (Å²) in [4.78, 5) is 23.3. The van der Waals surface area contributed by atoms with E-state index in [0.29, 0.717) is 16.9 Å². The molecule has 1 aromatic carbocycles. The van der Waals surface area contributed by atoms with Gasteiger partial charge >= 0.3 is 11.9 Å². The third-order valence-electron chi connectivity index (χ3n) is 2.45. The van der Waals surface area contributed by atoms with E-state index in [-0.39, 0.29) is 0 Å². The van der Waals surface area contributed by atoms with E-state index in [1.165, 1.54) is 20.3 Å². The molecule has 0 amide bonds. The Morgan fingerprint density at radius 1 is 1.14 bits per heavy atom. The zero-order valence-electron chi connectivity index (χ0n) is 12.9. The maximum atomic E-state index is 11.7. The second-order valence-electron chi connectivity index (χ2n) is 5.32. The molecule has 0 unspecified atom stereocenters. The molecule has 0 atom stereocenters. The van der Waals surface area contributed by atoms with Gasteiger partial charge in [-0.3, -0.25) is 0 Å². The summed E-state index contributed by atoms with van der Waals surface area (Å²) in [7, 11) is 2.77. The van der Waals surface area contributed by atoms with Crippen LogP contribution in [0.2, 0.25) is 0 Å². The molecule has 21 heavy (non-hydrogen) atoms. The average Bonchev–Trinajstić information content (AvgIpc) is 2.42. The molecule has 0 N–H and O–H groups in total. The first-order chi connectivity index (χ1) is 9.76. The van der Waals surface area contributed by atoms with Gasteiger partial charge in [-0.2, -0.15) is 0 Å².